The molecule has 0 saturated heterocycles. The number of nitrogens with zero attached hydrogens (tertiary/aromatic N) is 4. The van der Waals surface area contributed by atoms with E-state index in [9.17, 15) is 4.79 Å². The zero-order valence-corrected chi connectivity index (χ0v) is 13.8. The normalized spacial score (nSPS) is 11.0. The average Bonchev–Trinajstić information content (AvgIpc) is 3.06. The van der Waals surface area contributed by atoms with Crippen molar-refractivity contribution < 1.29 is 4.79 Å². The molecule has 0 radical (unpaired) electrons. The number of likely N-dealkylation sites (N-methyl/N-ethyl adjacent to an activating group) is 1. The number of rotatable bonds is 4. The molecule has 3 rings (SSSR count). The summed E-state index contributed by atoms with van der Waals surface area (Å²) in [4.78, 5) is 15.1. The Hall–Kier alpha value is -1.73. The Balaban J connectivity index is 1.70. The van der Waals surface area contributed by atoms with Crippen LogP contribution in [0.1, 0.15) is 4.88 Å². The number of carbonyl (C=O) groups is 1. The lowest BCUT2D eigenvalue weighted by atomic mass is 10.3. The summed E-state index contributed by atoms with van der Waals surface area (Å²) in [6.07, 6.45) is 0. The molecule has 0 atom stereocenters. The van der Waals surface area contributed by atoms with Crippen LogP contribution in [-0.2, 0) is 17.9 Å². The van der Waals surface area contributed by atoms with E-state index in [-0.39, 0.29) is 12.5 Å². The van der Waals surface area contributed by atoms with Crippen LogP contribution >= 0.6 is 27.3 Å². The average molecular weight is 365 g/mol. The Labute approximate surface area is 134 Å². The predicted octanol–water partition coefficient (Wildman–Crippen LogP) is 2.91. The van der Waals surface area contributed by atoms with Crippen LogP contribution in [0.3, 0.4) is 0 Å². The third-order valence-corrected chi connectivity index (χ3v) is 4.76. The van der Waals surface area contributed by atoms with Crippen LogP contribution < -0.4 is 0 Å². The van der Waals surface area contributed by atoms with Gasteiger partial charge in [-0.1, -0.05) is 17.3 Å². The van der Waals surface area contributed by atoms with Crippen LogP contribution in [0.15, 0.2) is 40.2 Å². The van der Waals surface area contributed by atoms with Crippen molar-refractivity contribution in [1.29, 1.82) is 0 Å². The second-order valence-corrected chi connectivity index (χ2v) is 7.24. The van der Waals surface area contributed by atoms with E-state index in [2.05, 4.69) is 26.2 Å². The monoisotopic (exact) mass is 364 g/mol. The number of hydrogen-bond acceptors (Lipinski definition) is 4. The molecule has 0 bridgehead atoms. The molecule has 108 valence electrons. The van der Waals surface area contributed by atoms with Gasteiger partial charge in [0, 0.05) is 11.9 Å². The molecule has 0 saturated carbocycles. The molecule has 0 spiro atoms. The molecule has 5 nitrogen and oxygen atoms in total. The lowest BCUT2D eigenvalue weighted by molar-refractivity contribution is -0.131. The van der Waals surface area contributed by atoms with Crippen LogP contribution in [0.5, 0.6) is 0 Å². The van der Waals surface area contributed by atoms with Gasteiger partial charge in [0.15, 0.2) is 0 Å². The molecule has 7 heteroatoms. The molecule has 0 aliphatic heterocycles. The predicted molar refractivity (Wildman–Crippen MR) is 86.0 cm³/mol. The number of carbonyl (C=O) groups excluding carboxylic acids is 1. The summed E-state index contributed by atoms with van der Waals surface area (Å²) in [5, 5.41) is 8.10. The van der Waals surface area contributed by atoms with Crippen LogP contribution in [0.2, 0.25) is 0 Å². The van der Waals surface area contributed by atoms with Gasteiger partial charge in [0.1, 0.15) is 12.1 Å². The highest BCUT2D eigenvalue weighted by molar-refractivity contribution is 9.11. The van der Waals surface area contributed by atoms with Crippen molar-refractivity contribution in [3.8, 4) is 0 Å². The van der Waals surface area contributed by atoms with Gasteiger partial charge in [-0.3, -0.25) is 4.79 Å². The highest BCUT2D eigenvalue weighted by Gasteiger charge is 2.13. The van der Waals surface area contributed by atoms with Gasteiger partial charge in [-0.25, -0.2) is 4.68 Å². The Kier molecular flexibility index (Phi) is 4.03. The minimum absolute atomic E-state index is 0.00942. The molecule has 1 amide bonds. The first-order valence-corrected chi connectivity index (χ1v) is 8.01. The Morgan fingerprint density at radius 1 is 1.33 bits per heavy atom. The molecule has 21 heavy (non-hydrogen) atoms. The van der Waals surface area contributed by atoms with Gasteiger partial charge >= 0.3 is 0 Å². The molecular formula is C14H13BrN4OS. The summed E-state index contributed by atoms with van der Waals surface area (Å²) >= 11 is 5.06. The second-order valence-electron chi connectivity index (χ2n) is 4.69. The fourth-order valence-corrected chi connectivity index (χ4v) is 3.58. The van der Waals surface area contributed by atoms with E-state index in [1.54, 1.807) is 28.0 Å². The van der Waals surface area contributed by atoms with Gasteiger partial charge in [0.25, 0.3) is 0 Å². The van der Waals surface area contributed by atoms with Crippen LogP contribution in [0.4, 0.5) is 0 Å². The maximum Gasteiger partial charge on any atom is 0.244 e. The van der Waals surface area contributed by atoms with Crippen molar-refractivity contribution in [2.24, 2.45) is 0 Å². The van der Waals surface area contributed by atoms with E-state index in [4.69, 9.17) is 0 Å². The molecule has 0 fully saturated rings. The van der Waals surface area contributed by atoms with Crippen molar-refractivity contribution in [1.82, 2.24) is 19.9 Å². The fraction of sp³-hybridized carbons (Fsp3) is 0.214. The summed E-state index contributed by atoms with van der Waals surface area (Å²) in [5.74, 6) is 0.00942. The zero-order valence-electron chi connectivity index (χ0n) is 11.4. The first-order chi connectivity index (χ1) is 10.1. The molecule has 2 heterocycles. The van der Waals surface area contributed by atoms with E-state index in [1.165, 1.54) is 0 Å². The van der Waals surface area contributed by atoms with Crippen LogP contribution in [0, 0.1) is 0 Å². The van der Waals surface area contributed by atoms with Gasteiger partial charge in [0.2, 0.25) is 5.91 Å². The van der Waals surface area contributed by atoms with E-state index in [0.29, 0.717) is 6.54 Å². The summed E-state index contributed by atoms with van der Waals surface area (Å²) in [6, 6.07) is 11.6. The van der Waals surface area contributed by atoms with Gasteiger partial charge < -0.3 is 4.90 Å². The van der Waals surface area contributed by atoms with Crippen molar-refractivity contribution in [3.63, 3.8) is 0 Å². The Morgan fingerprint density at radius 2 is 2.14 bits per heavy atom. The van der Waals surface area contributed by atoms with Crippen molar-refractivity contribution in [2.75, 3.05) is 7.05 Å². The standard InChI is InChI=1S/C14H13BrN4OS/c1-18(8-10-6-7-13(15)21-10)14(20)9-19-12-5-3-2-4-11(12)16-17-19/h2-7H,8-9H2,1H3. The van der Waals surface area contributed by atoms with E-state index in [1.807, 2.05) is 36.4 Å². The van der Waals surface area contributed by atoms with Crippen LogP contribution in [-0.4, -0.2) is 32.8 Å². The molecule has 0 unspecified atom stereocenters. The third-order valence-electron chi connectivity index (χ3n) is 3.15. The van der Waals surface area contributed by atoms with Gasteiger partial charge in [-0.2, -0.15) is 0 Å². The maximum absolute atomic E-state index is 12.3. The first-order valence-electron chi connectivity index (χ1n) is 6.40. The van der Waals surface area contributed by atoms with Gasteiger partial charge in [0.05, 0.1) is 15.8 Å². The summed E-state index contributed by atoms with van der Waals surface area (Å²) in [6.45, 7) is 0.797. The largest absolute Gasteiger partial charge is 0.339 e. The summed E-state index contributed by atoms with van der Waals surface area (Å²) in [5.41, 5.74) is 1.67. The molecule has 3 aromatic rings. The number of aromatic nitrogens is 3. The topological polar surface area (TPSA) is 51.0 Å². The number of amides is 1. The van der Waals surface area contributed by atoms with Gasteiger partial charge in [-0.15, -0.1) is 16.4 Å². The van der Waals surface area contributed by atoms with Crippen LogP contribution in [0.25, 0.3) is 11.0 Å². The minimum Gasteiger partial charge on any atom is -0.339 e. The molecular weight excluding hydrogens is 352 g/mol. The maximum atomic E-state index is 12.3. The molecule has 0 N–H and O–H groups in total. The molecule has 1 aromatic carbocycles. The summed E-state index contributed by atoms with van der Waals surface area (Å²) in [7, 11) is 1.80. The van der Waals surface area contributed by atoms with Gasteiger partial charge in [-0.05, 0) is 40.2 Å². The third kappa shape index (κ3) is 3.14. The number of fused-ring (bicyclic) bond motifs is 1. The molecule has 0 aliphatic rings. The first kappa shape index (κ1) is 14.2. The van der Waals surface area contributed by atoms with E-state index in [0.717, 1.165) is 19.7 Å². The van der Waals surface area contributed by atoms with Crippen molar-refractivity contribution in [2.45, 2.75) is 13.1 Å². The van der Waals surface area contributed by atoms with E-state index >= 15 is 0 Å². The number of thiophene rings is 1. The highest BCUT2D eigenvalue weighted by Crippen LogP contribution is 2.23. The van der Waals surface area contributed by atoms with Crippen molar-refractivity contribution in [3.05, 3.63) is 45.1 Å². The number of benzene rings is 1. The zero-order chi connectivity index (χ0) is 14.8. The second kappa shape index (κ2) is 5.95. The number of hydrogen-bond donors (Lipinski definition) is 0. The number of halogens is 1. The van der Waals surface area contributed by atoms with E-state index < -0.39 is 0 Å². The van der Waals surface area contributed by atoms with Crippen molar-refractivity contribution >= 4 is 44.2 Å². The number of para-hydroxylation sites is 1. The highest BCUT2D eigenvalue weighted by atomic mass is 79.9. The quantitative estimate of drug-likeness (QED) is 0.714. The SMILES string of the molecule is CN(Cc1ccc(Br)s1)C(=O)Cn1nnc2ccccc21. The Bertz CT molecular complexity index is 782. The molecule has 0 aliphatic carbocycles. The summed E-state index contributed by atoms with van der Waals surface area (Å²) < 4.78 is 2.71. The molecule has 2 aromatic heterocycles. The lowest BCUT2D eigenvalue weighted by Gasteiger charge is -2.16. The Morgan fingerprint density at radius 3 is 2.90 bits per heavy atom. The smallest absolute Gasteiger partial charge is 0.244 e. The minimum atomic E-state index is 0.00942. The fourth-order valence-electron chi connectivity index (χ4n) is 2.04. The lowest BCUT2D eigenvalue weighted by Crippen LogP contribution is -2.29.